The van der Waals surface area contributed by atoms with E-state index in [-0.39, 0.29) is 6.03 Å². The van der Waals surface area contributed by atoms with Crippen molar-refractivity contribution < 1.29 is 4.79 Å². The summed E-state index contributed by atoms with van der Waals surface area (Å²) in [7, 11) is 0. The van der Waals surface area contributed by atoms with Crippen molar-refractivity contribution in [1.29, 1.82) is 0 Å². The average molecular weight is 201 g/mol. The van der Waals surface area contributed by atoms with E-state index in [4.69, 9.17) is 5.73 Å². The Morgan fingerprint density at radius 2 is 2.00 bits per heavy atom. The summed E-state index contributed by atoms with van der Waals surface area (Å²) in [5.41, 5.74) is 5.45. The minimum absolute atomic E-state index is 0.0192. The molecule has 0 aliphatic carbocycles. The molecule has 4 heteroatoms. The molecular weight excluding hydrogens is 178 g/mol. The van der Waals surface area contributed by atoms with Crippen molar-refractivity contribution in [3.63, 3.8) is 0 Å². The summed E-state index contributed by atoms with van der Waals surface area (Å²) in [4.78, 5) is 13.3. The molecule has 0 aliphatic heterocycles. The van der Waals surface area contributed by atoms with E-state index in [2.05, 4.69) is 12.2 Å². The molecule has 0 bridgehead atoms. The largest absolute Gasteiger partial charge is 0.338 e. The van der Waals surface area contributed by atoms with Crippen molar-refractivity contribution in [2.45, 2.75) is 33.1 Å². The maximum atomic E-state index is 11.6. The lowest BCUT2D eigenvalue weighted by molar-refractivity contribution is 0.198. The van der Waals surface area contributed by atoms with Crippen LogP contribution in [-0.2, 0) is 0 Å². The van der Waals surface area contributed by atoms with E-state index in [9.17, 15) is 4.79 Å². The van der Waals surface area contributed by atoms with Crippen LogP contribution < -0.4 is 11.1 Å². The van der Waals surface area contributed by atoms with Gasteiger partial charge < -0.3 is 16.0 Å². The Balaban J connectivity index is 3.84. The lowest BCUT2D eigenvalue weighted by Crippen LogP contribution is -2.43. The Hall–Kier alpha value is -0.770. The fourth-order valence-electron chi connectivity index (χ4n) is 1.16. The van der Waals surface area contributed by atoms with E-state index in [0.29, 0.717) is 13.1 Å². The van der Waals surface area contributed by atoms with E-state index in [1.807, 2.05) is 6.92 Å². The summed E-state index contributed by atoms with van der Waals surface area (Å²) in [6.45, 7) is 6.89. The van der Waals surface area contributed by atoms with Crippen molar-refractivity contribution >= 4 is 6.03 Å². The predicted octanol–water partition coefficient (Wildman–Crippen LogP) is 1.17. The Morgan fingerprint density at radius 1 is 1.29 bits per heavy atom. The number of carbonyl (C=O) groups is 1. The van der Waals surface area contributed by atoms with Gasteiger partial charge in [0.2, 0.25) is 0 Å². The molecular formula is C10H23N3O. The van der Waals surface area contributed by atoms with Gasteiger partial charge in [-0.15, -0.1) is 0 Å². The molecule has 0 saturated heterocycles. The molecule has 0 unspecified atom stereocenters. The van der Waals surface area contributed by atoms with Crippen LogP contribution in [0.4, 0.5) is 4.79 Å². The fraction of sp³-hybridized carbons (Fsp3) is 0.900. The molecule has 0 radical (unpaired) electrons. The highest BCUT2D eigenvalue weighted by Crippen LogP contribution is 1.95. The topological polar surface area (TPSA) is 58.4 Å². The first kappa shape index (κ1) is 13.2. The molecule has 0 aromatic heterocycles. The summed E-state index contributed by atoms with van der Waals surface area (Å²) in [5.74, 6) is 0. The van der Waals surface area contributed by atoms with Gasteiger partial charge in [-0.05, 0) is 12.8 Å². The van der Waals surface area contributed by atoms with Gasteiger partial charge in [-0.1, -0.05) is 20.3 Å². The van der Waals surface area contributed by atoms with Crippen LogP contribution in [0.1, 0.15) is 33.1 Å². The van der Waals surface area contributed by atoms with Crippen LogP contribution in [-0.4, -0.2) is 37.1 Å². The average Bonchev–Trinajstić information content (AvgIpc) is 2.20. The first-order valence-corrected chi connectivity index (χ1v) is 5.49. The van der Waals surface area contributed by atoms with Crippen molar-refractivity contribution in [3.05, 3.63) is 0 Å². The molecule has 0 aromatic carbocycles. The normalized spacial score (nSPS) is 9.93. The van der Waals surface area contributed by atoms with E-state index < -0.39 is 0 Å². The molecule has 0 heterocycles. The van der Waals surface area contributed by atoms with Crippen LogP contribution in [0.2, 0.25) is 0 Å². The zero-order chi connectivity index (χ0) is 10.8. The van der Waals surface area contributed by atoms with Gasteiger partial charge in [0.1, 0.15) is 0 Å². The Morgan fingerprint density at radius 3 is 2.50 bits per heavy atom. The van der Waals surface area contributed by atoms with Gasteiger partial charge in [-0.25, -0.2) is 4.79 Å². The number of urea groups is 1. The minimum Gasteiger partial charge on any atom is -0.338 e. The smallest absolute Gasteiger partial charge is 0.317 e. The third-order valence-electron chi connectivity index (χ3n) is 1.99. The second kappa shape index (κ2) is 8.81. The van der Waals surface area contributed by atoms with Gasteiger partial charge in [0.15, 0.2) is 0 Å². The van der Waals surface area contributed by atoms with Crippen LogP contribution in [0.25, 0.3) is 0 Å². The standard InChI is InChI=1S/C10H23N3O/c1-3-5-8-13(9-6-11)10(14)12-7-4-2/h3-9,11H2,1-2H3,(H,12,14). The Bertz CT molecular complexity index is 150. The van der Waals surface area contributed by atoms with Crippen LogP contribution in [0.5, 0.6) is 0 Å². The maximum absolute atomic E-state index is 11.6. The Labute approximate surface area is 86.8 Å². The SMILES string of the molecule is CCCCN(CCN)C(=O)NCCC. The van der Waals surface area contributed by atoms with E-state index >= 15 is 0 Å². The molecule has 0 fully saturated rings. The number of nitrogens with two attached hydrogens (primary N) is 1. The monoisotopic (exact) mass is 201 g/mol. The summed E-state index contributed by atoms with van der Waals surface area (Å²) < 4.78 is 0. The van der Waals surface area contributed by atoms with Gasteiger partial charge >= 0.3 is 6.03 Å². The summed E-state index contributed by atoms with van der Waals surface area (Å²) in [6, 6.07) is 0.0192. The number of amides is 2. The fourth-order valence-corrected chi connectivity index (χ4v) is 1.16. The zero-order valence-electron chi connectivity index (χ0n) is 9.38. The molecule has 0 atom stereocenters. The van der Waals surface area contributed by atoms with Gasteiger partial charge in [-0.2, -0.15) is 0 Å². The highest BCUT2D eigenvalue weighted by atomic mass is 16.2. The quantitative estimate of drug-likeness (QED) is 0.649. The lowest BCUT2D eigenvalue weighted by atomic mass is 10.3. The van der Waals surface area contributed by atoms with Crippen molar-refractivity contribution in [1.82, 2.24) is 10.2 Å². The van der Waals surface area contributed by atoms with Crippen LogP contribution in [0.3, 0.4) is 0 Å². The minimum atomic E-state index is 0.0192. The van der Waals surface area contributed by atoms with E-state index in [0.717, 1.165) is 32.4 Å². The molecule has 0 aromatic rings. The molecule has 3 N–H and O–H groups in total. The Kier molecular flexibility index (Phi) is 8.33. The third-order valence-corrected chi connectivity index (χ3v) is 1.99. The number of hydrogen-bond donors (Lipinski definition) is 2. The number of nitrogens with zero attached hydrogens (tertiary/aromatic N) is 1. The van der Waals surface area contributed by atoms with Gasteiger partial charge in [0, 0.05) is 26.2 Å². The molecule has 2 amide bonds. The summed E-state index contributed by atoms with van der Waals surface area (Å²) in [5, 5.41) is 2.86. The van der Waals surface area contributed by atoms with Crippen molar-refractivity contribution in [2.24, 2.45) is 5.73 Å². The molecule has 0 saturated carbocycles. The molecule has 4 nitrogen and oxygen atoms in total. The number of rotatable bonds is 7. The molecule has 14 heavy (non-hydrogen) atoms. The summed E-state index contributed by atoms with van der Waals surface area (Å²) in [6.07, 6.45) is 3.11. The second-order valence-corrected chi connectivity index (χ2v) is 3.36. The van der Waals surface area contributed by atoms with E-state index in [1.165, 1.54) is 0 Å². The van der Waals surface area contributed by atoms with E-state index in [1.54, 1.807) is 4.90 Å². The zero-order valence-corrected chi connectivity index (χ0v) is 9.38. The molecule has 0 rings (SSSR count). The third kappa shape index (κ3) is 5.80. The van der Waals surface area contributed by atoms with Gasteiger partial charge in [0.25, 0.3) is 0 Å². The number of nitrogens with one attached hydrogen (secondary N) is 1. The molecule has 0 aliphatic rings. The first-order chi connectivity index (χ1) is 6.76. The van der Waals surface area contributed by atoms with Gasteiger partial charge in [-0.3, -0.25) is 0 Å². The number of hydrogen-bond acceptors (Lipinski definition) is 2. The predicted molar refractivity (Wildman–Crippen MR) is 59.2 cm³/mol. The highest BCUT2D eigenvalue weighted by molar-refractivity contribution is 5.74. The van der Waals surface area contributed by atoms with Crippen molar-refractivity contribution in [2.75, 3.05) is 26.2 Å². The summed E-state index contributed by atoms with van der Waals surface area (Å²) >= 11 is 0. The maximum Gasteiger partial charge on any atom is 0.317 e. The lowest BCUT2D eigenvalue weighted by Gasteiger charge is -2.22. The van der Waals surface area contributed by atoms with Gasteiger partial charge in [0.05, 0.1) is 0 Å². The second-order valence-electron chi connectivity index (χ2n) is 3.36. The molecule has 84 valence electrons. The van der Waals surface area contributed by atoms with Crippen LogP contribution in [0.15, 0.2) is 0 Å². The highest BCUT2D eigenvalue weighted by Gasteiger charge is 2.10. The number of carbonyl (C=O) groups excluding carboxylic acids is 1. The van der Waals surface area contributed by atoms with Crippen molar-refractivity contribution in [3.8, 4) is 0 Å². The van der Waals surface area contributed by atoms with Crippen LogP contribution in [0, 0.1) is 0 Å². The van der Waals surface area contributed by atoms with Crippen LogP contribution >= 0.6 is 0 Å². The molecule has 0 spiro atoms. The number of unbranched alkanes of at least 4 members (excludes halogenated alkanes) is 1. The first-order valence-electron chi connectivity index (χ1n) is 5.49.